The van der Waals surface area contributed by atoms with Crippen molar-refractivity contribution in [2.24, 2.45) is 0 Å². The second-order valence-corrected chi connectivity index (χ2v) is 5.81. The van der Waals surface area contributed by atoms with Gasteiger partial charge in [-0.1, -0.05) is 18.2 Å². The van der Waals surface area contributed by atoms with Crippen molar-refractivity contribution in [3.8, 4) is 22.7 Å². The van der Waals surface area contributed by atoms with E-state index in [4.69, 9.17) is 4.42 Å². The second kappa shape index (κ2) is 6.79. The van der Waals surface area contributed by atoms with E-state index in [0.717, 1.165) is 16.8 Å². The Kier molecular flexibility index (Phi) is 4.18. The van der Waals surface area contributed by atoms with Crippen molar-refractivity contribution in [3.63, 3.8) is 0 Å². The van der Waals surface area contributed by atoms with E-state index >= 15 is 0 Å². The van der Waals surface area contributed by atoms with E-state index in [9.17, 15) is 4.39 Å². The number of anilines is 1. The van der Waals surface area contributed by atoms with Gasteiger partial charge in [-0.05, 0) is 30.3 Å². The Morgan fingerprint density at radius 3 is 2.81 bits per heavy atom. The quantitative estimate of drug-likeness (QED) is 0.565. The molecule has 4 rings (SSSR count). The van der Waals surface area contributed by atoms with E-state index in [1.165, 1.54) is 6.07 Å². The summed E-state index contributed by atoms with van der Waals surface area (Å²) in [6.07, 6.45) is 1.69. The van der Waals surface area contributed by atoms with Gasteiger partial charge < -0.3 is 9.73 Å². The van der Waals surface area contributed by atoms with E-state index in [1.54, 1.807) is 31.3 Å². The summed E-state index contributed by atoms with van der Waals surface area (Å²) in [5, 5.41) is 18.1. The minimum Gasteiger partial charge on any atom is -0.421 e. The molecule has 2 heterocycles. The lowest BCUT2D eigenvalue weighted by Gasteiger charge is -2.08. The minimum atomic E-state index is -0.285. The maximum absolute atomic E-state index is 14.0. The van der Waals surface area contributed by atoms with E-state index in [-0.39, 0.29) is 5.82 Å². The molecule has 0 bridgehead atoms. The average molecular weight is 349 g/mol. The van der Waals surface area contributed by atoms with Gasteiger partial charge in [0, 0.05) is 35.8 Å². The number of aryl methyl sites for hydroxylation is 1. The molecule has 0 amide bonds. The van der Waals surface area contributed by atoms with Crippen LogP contribution >= 0.6 is 0 Å². The summed E-state index contributed by atoms with van der Waals surface area (Å²) in [6, 6.07) is 14.3. The van der Waals surface area contributed by atoms with Crippen LogP contribution in [0.15, 0.2) is 59.1 Å². The molecule has 0 saturated heterocycles. The second-order valence-electron chi connectivity index (χ2n) is 5.81. The van der Waals surface area contributed by atoms with Crippen LogP contribution in [0.4, 0.5) is 10.1 Å². The molecule has 2 N–H and O–H groups in total. The molecule has 4 aromatic rings. The number of hydrogen-bond acceptors (Lipinski definition) is 5. The maximum atomic E-state index is 14.0. The molecule has 0 aliphatic carbocycles. The number of hydrogen-bond donors (Lipinski definition) is 2. The Balaban J connectivity index is 1.54. The van der Waals surface area contributed by atoms with Gasteiger partial charge >= 0.3 is 0 Å². The van der Waals surface area contributed by atoms with Crippen molar-refractivity contribution < 1.29 is 8.81 Å². The molecule has 2 aromatic heterocycles. The molecular formula is C19H16FN5O. The molecule has 7 heteroatoms. The van der Waals surface area contributed by atoms with Crippen LogP contribution in [0.2, 0.25) is 0 Å². The summed E-state index contributed by atoms with van der Waals surface area (Å²) in [7, 11) is 0. The van der Waals surface area contributed by atoms with E-state index in [0.29, 0.717) is 29.6 Å². The lowest BCUT2D eigenvalue weighted by molar-refractivity contribution is 0.533. The van der Waals surface area contributed by atoms with E-state index in [1.807, 2.05) is 24.3 Å². The van der Waals surface area contributed by atoms with Crippen LogP contribution in [0.1, 0.15) is 11.5 Å². The van der Waals surface area contributed by atoms with Gasteiger partial charge in [-0.3, -0.25) is 5.10 Å². The SMILES string of the molecule is Cc1nnc(-c2cccc(NCc3cn[nH]c3-c3ccccc3F)c2)o1. The van der Waals surface area contributed by atoms with Crippen LogP contribution in [0.25, 0.3) is 22.7 Å². The Bertz CT molecular complexity index is 1040. The van der Waals surface area contributed by atoms with Gasteiger partial charge in [-0.2, -0.15) is 5.10 Å². The summed E-state index contributed by atoms with van der Waals surface area (Å²) < 4.78 is 19.5. The monoisotopic (exact) mass is 349 g/mol. The van der Waals surface area contributed by atoms with Crippen molar-refractivity contribution in [2.75, 3.05) is 5.32 Å². The average Bonchev–Trinajstić information content (AvgIpc) is 3.30. The molecule has 0 saturated carbocycles. The largest absolute Gasteiger partial charge is 0.421 e. The minimum absolute atomic E-state index is 0.285. The van der Waals surface area contributed by atoms with Crippen LogP contribution in [0, 0.1) is 12.7 Å². The van der Waals surface area contributed by atoms with Gasteiger partial charge in [-0.15, -0.1) is 10.2 Å². The first-order valence-electron chi connectivity index (χ1n) is 8.12. The molecule has 0 radical (unpaired) electrons. The van der Waals surface area contributed by atoms with Gasteiger partial charge in [0.25, 0.3) is 0 Å². The van der Waals surface area contributed by atoms with Crippen LogP contribution in [-0.4, -0.2) is 20.4 Å². The highest BCUT2D eigenvalue weighted by Crippen LogP contribution is 2.26. The molecule has 0 fully saturated rings. The fourth-order valence-corrected chi connectivity index (χ4v) is 2.71. The fourth-order valence-electron chi connectivity index (χ4n) is 2.71. The van der Waals surface area contributed by atoms with Gasteiger partial charge in [0.15, 0.2) is 0 Å². The Morgan fingerprint density at radius 2 is 2.00 bits per heavy atom. The van der Waals surface area contributed by atoms with Gasteiger partial charge in [-0.25, -0.2) is 4.39 Å². The third-order valence-corrected chi connectivity index (χ3v) is 3.98. The molecule has 0 aliphatic rings. The van der Waals surface area contributed by atoms with Crippen molar-refractivity contribution in [1.82, 2.24) is 20.4 Å². The molecular weight excluding hydrogens is 333 g/mol. The zero-order chi connectivity index (χ0) is 17.9. The number of nitrogens with one attached hydrogen (secondary N) is 2. The lowest BCUT2D eigenvalue weighted by atomic mass is 10.1. The highest BCUT2D eigenvalue weighted by Gasteiger charge is 2.12. The predicted molar refractivity (Wildman–Crippen MR) is 95.8 cm³/mol. The molecule has 26 heavy (non-hydrogen) atoms. The zero-order valence-electron chi connectivity index (χ0n) is 14.0. The van der Waals surface area contributed by atoms with Crippen LogP contribution in [-0.2, 0) is 6.54 Å². The van der Waals surface area contributed by atoms with Crippen molar-refractivity contribution in [1.29, 1.82) is 0 Å². The number of rotatable bonds is 5. The van der Waals surface area contributed by atoms with Crippen LogP contribution in [0.3, 0.4) is 0 Å². The number of halogens is 1. The van der Waals surface area contributed by atoms with Crippen LogP contribution < -0.4 is 5.32 Å². The molecule has 6 nitrogen and oxygen atoms in total. The molecule has 0 atom stereocenters. The number of aromatic amines is 1. The van der Waals surface area contributed by atoms with E-state index < -0.39 is 0 Å². The number of aromatic nitrogens is 4. The topological polar surface area (TPSA) is 79.6 Å². The van der Waals surface area contributed by atoms with Crippen LogP contribution in [0.5, 0.6) is 0 Å². The standard InChI is InChI=1S/C19H16FN5O/c1-12-23-25-19(26-12)13-5-4-6-15(9-13)21-10-14-11-22-24-18(14)16-7-2-3-8-17(16)20/h2-9,11,21H,10H2,1H3,(H,22,24). The zero-order valence-corrected chi connectivity index (χ0v) is 14.0. The molecule has 2 aromatic carbocycles. The lowest BCUT2D eigenvalue weighted by Crippen LogP contribution is -2.00. The van der Waals surface area contributed by atoms with E-state index in [2.05, 4.69) is 25.7 Å². The maximum Gasteiger partial charge on any atom is 0.247 e. The van der Waals surface area contributed by atoms with Crippen molar-refractivity contribution in [2.45, 2.75) is 13.5 Å². The number of H-pyrrole nitrogens is 1. The normalized spacial score (nSPS) is 10.8. The Morgan fingerprint density at radius 1 is 1.12 bits per heavy atom. The summed E-state index contributed by atoms with van der Waals surface area (Å²) >= 11 is 0. The predicted octanol–water partition coefficient (Wildman–Crippen LogP) is 4.19. The van der Waals surface area contributed by atoms with Gasteiger partial charge in [0.1, 0.15) is 5.82 Å². The highest BCUT2D eigenvalue weighted by atomic mass is 19.1. The highest BCUT2D eigenvalue weighted by molar-refractivity contribution is 5.65. The molecule has 0 aliphatic heterocycles. The third kappa shape index (κ3) is 3.19. The first kappa shape index (κ1) is 16.0. The number of benzene rings is 2. The summed E-state index contributed by atoms with van der Waals surface area (Å²) in [6.45, 7) is 2.24. The summed E-state index contributed by atoms with van der Waals surface area (Å²) in [5.74, 6) is 0.708. The smallest absolute Gasteiger partial charge is 0.247 e. The Hall–Kier alpha value is -3.48. The summed E-state index contributed by atoms with van der Waals surface area (Å²) in [5.41, 5.74) is 3.75. The fraction of sp³-hybridized carbons (Fsp3) is 0.105. The number of nitrogens with zero attached hydrogens (tertiary/aromatic N) is 3. The first-order chi connectivity index (χ1) is 12.7. The molecule has 0 unspecified atom stereocenters. The summed E-state index contributed by atoms with van der Waals surface area (Å²) in [4.78, 5) is 0. The van der Waals surface area contributed by atoms with Crippen molar-refractivity contribution >= 4 is 5.69 Å². The molecule has 130 valence electrons. The molecule has 0 spiro atoms. The third-order valence-electron chi connectivity index (χ3n) is 3.98. The first-order valence-corrected chi connectivity index (χ1v) is 8.12. The van der Waals surface area contributed by atoms with Gasteiger partial charge in [0.05, 0.1) is 11.9 Å². The van der Waals surface area contributed by atoms with Gasteiger partial charge in [0.2, 0.25) is 11.8 Å². The Labute approximate surface area is 149 Å². The van der Waals surface area contributed by atoms with Crippen molar-refractivity contribution in [3.05, 3.63) is 72.0 Å².